The first-order chi connectivity index (χ1) is 18.4. The van der Waals surface area contributed by atoms with Crippen LogP contribution >= 0.6 is 22.9 Å². The van der Waals surface area contributed by atoms with E-state index < -0.39 is 6.04 Å². The number of fused-ring (bicyclic) bond motifs is 2. The van der Waals surface area contributed by atoms with Gasteiger partial charge in [-0.15, -0.1) is 11.3 Å². The minimum absolute atomic E-state index is 0.0448. The van der Waals surface area contributed by atoms with Gasteiger partial charge < -0.3 is 14.0 Å². The first-order valence-corrected chi connectivity index (χ1v) is 13.2. The van der Waals surface area contributed by atoms with Crippen molar-refractivity contribution in [1.29, 1.82) is 0 Å². The van der Waals surface area contributed by atoms with Crippen molar-refractivity contribution < 1.29 is 14.3 Å². The summed E-state index contributed by atoms with van der Waals surface area (Å²) in [5.74, 6) is 0.652. The van der Waals surface area contributed by atoms with E-state index in [-0.39, 0.29) is 18.0 Å². The van der Waals surface area contributed by atoms with E-state index in [1.54, 1.807) is 27.9 Å². The Bertz CT molecular complexity index is 1680. The fraction of sp³-hybridized carbons (Fsp3) is 0.222. The molecule has 1 atom stereocenters. The highest BCUT2D eigenvalue weighted by Crippen LogP contribution is 2.46. The Labute approximate surface area is 227 Å². The van der Waals surface area contributed by atoms with Crippen molar-refractivity contribution in [1.82, 2.24) is 24.5 Å². The molecular weight excluding hydrogens is 524 g/mol. The minimum atomic E-state index is -0.445. The standard InChI is InChI=1S/C27H23ClN6O3S/c1-14(2)33-23-21(31-24(33)18-12-29-27(37-4)32-25(18)36-3)26(35)34(22(23)15-5-7-16(28)8-6-15)17-9-10-20-19(11-17)30-13-38-20/h5-14,22H,1-4H3/t22-/m0/s1. The minimum Gasteiger partial charge on any atom is -0.480 e. The zero-order valence-electron chi connectivity index (χ0n) is 21.0. The van der Waals surface area contributed by atoms with Crippen LogP contribution in [-0.4, -0.2) is 44.6 Å². The maximum atomic E-state index is 14.1. The summed E-state index contributed by atoms with van der Waals surface area (Å²) in [5, 5.41) is 0.618. The average molecular weight is 547 g/mol. The van der Waals surface area contributed by atoms with Gasteiger partial charge in [0.25, 0.3) is 5.91 Å². The molecule has 5 aromatic rings. The molecule has 1 aliphatic heterocycles. The van der Waals surface area contributed by atoms with E-state index in [0.29, 0.717) is 28.0 Å². The Hall–Kier alpha value is -4.02. The first-order valence-electron chi connectivity index (χ1n) is 11.9. The summed E-state index contributed by atoms with van der Waals surface area (Å²) in [4.78, 5) is 33.9. The van der Waals surface area contributed by atoms with Crippen molar-refractivity contribution in [2.75, 3.05) is 19.1 Å². The Morgan fingerprint density at radius 3 is 2.53 bits per heavy atom. The van der Waals surface area contributed by atoms with Gasteiger partial charge in [-0.05, 0) is 49.7 Å². The van der Waals surface area contributed by atoms with Crippen molar-refractivity contribution in [3.63, 3.8) is 0 Å². The highest BCUT2D eigenvalue weighted by atomic mass is 35.5. The SMILES string of the molecule is COc1ncc(-c2nc3c(n2C(C)C)[C@H](c2ccc(Cl)cc2)N(c2ccc4scnc4c2)C3=O)c(OC)n1. The number of hydrogen-bond donors (Lipinski definition) is 0. The van der Waals surface area contributed by atoms with Gasteiger partial charge in [0.1, 0.15) is 11.9 Å². The first kappa shape index (κ1) is 24.3. The maximum Gasteiger partial charge on any atom is 0.319 e. The third kappa shape index (κ3) is 3.79. The Morgan fingerprint density at radius 1 is 1.03 bits per heavy atom. The van der Waals surface area contributed by atoms with Gasteiger partial charge in [0.2, 0.25) is 5.88 Å². The van der Waals surface area contributed by atoms with Crippen LogP contribution in [0, 0.1) is 0 Å². The molecule has 0 fully saturated rings. The number of aromatic nitrogens is 5. The van der Waals surface area contributed by atoms with Crippen LogP contribution in [0.1, 0.15) is 47.7 Å². The summed E-state index contributed by atoms with van der Waals surface area (Å²) < 4.78 is 13.8. The van der Waals surface area contributed by atoms with Crippen LogP contribution in [0.15, 0.2) is 54.2 Å². The summed E-state index contributed by atoms with van der Waals surface area (Å²) in [5.41, 5.74) is 6.00. The number of nitrogens with zero attached hydrogens (tertiary/aromatic N) is 6. The number of methoxy groups -OCH3 is 2. The number of rotatable bonds is 6. The van der Waals surface area contributed by atoms with Crippen LogP contribution in [0.2, 0.25) is 5.02 Å². The fourth-order valence-corrected chi connectivity index (χ4v) is 5.69. The molecule has 3 aromatic heterocycles. The van der Waals surface area contributed by atoms with Gasteiger partial charge in [-0.2, -0.15) is 4.98 Å². The smallest absolute Gasteiger partial charge is 0.319 e. The lowest BCUT2D eigenvalue weighted by molar-refractivity contribution is 0.0989. The zero-order valence-corrected chi connectivity index (χ0v) is 22.6. The lowest BCUT2D eigenvalue weighted by atomic mass is 10.0. The van der Waals surface area contributed by atoms with Crippen molar-refractivity contribution >= 4 is 44.7 Å². The molecule has 1 aliphatic rings. The molecule has 38 heavy (non-hydrogen) atoms. The molecule has 192 valence electrons. The molecule has 4 heterocycles. The Kier molecular flexibility index (Phi) is 6.00. The average Bonchev–Trinajstić information content (AvgIpc) is 3.62. The van der Waals surface area contributed by atoms with Gasteiger partial charge >= 0.3 is 6.01 Å². The third-order valence-electron chi connectivity index (χ3n) is 6.53. The van der Waals surface area contributed by atoms with E-state index in [2.05, 4.69) is 33.4 Å². The lowest BCUT2D eigenvalue weighted by Gasteiger charge is -2.28. The highest BCUT2D eigenvalue weighted by molar-refractivity contribution is 7.16. The van der Waals surface area contributed by atoms with Crippen LogP contribution < -0.4 is 14.4 Å². The van der Waals surface area contributed by atoms with Crippen molar-refractivity contribution in [3.8, 4) is 23.3 Å². The Balaban J connectivity index is 1.59. The second-order valence-electron chi connectivity index (χ2n) is 9.05. The maximum absolute atomic E-state index is 14.1. The number of amides is 1. The second-order valence-corrected chi connectivity index (χ2v) is 10.4. The number of imidazole rings is 1. The van der Waals surface area contributed by atoms with E-state index in [0.717, 1.165) is 27.2 Å². The fourth-order valence-electron chi connectivity index (χ4n) is 4.90. The predicted molar refractivity (Wildman–Crippen MR) is 146 cm³/mol. The molecule has 0 aliphatic carbocycles. The van der Waals surface area contributed by atoms with Gasteiger partial charge in [-0.25, -0.2) is 15.0 Å². The monoisotopic (exact) mass is 546 g/mol. The molecule has 0 unspecified atom stereocenters. The molecular formula is C27H23ClN6O3S. The summed E-state index contributed by atoms with van der Waals surface area (Å²) in [7, 11) is 3.02. The van der Waals surface area contributed by atoms with Crippen LogP contribution in [0.25, 0.3) is 21.6 Å². The molecule has 0 radical (unpaired) electrons. The van der Waals surface area contributed by atoms with Crippen molar-refractivity contribution in [2.24, 2.45) is 0 Å². The zero-order chi connectivity index (χ0) is 26.6. The van der Waals surface area contributed by atoms with Gasteiger partial charge in [0.15, 0.2) is 5.69 Å². The van der Waals surface area contributed by atoms with Gasteiger partial charge in [0.05, 0.1) is 41.2 Å². The Morgan fingerprint density at radius 2 is 1.82 bits per heavy atom. The normalized spacial score (nSPS) is 14.9. The van der Waals surface area contributed by atoms with Gasteiger partial charge in [-0.1, -0.05) is 23.7 Å². The van der Waals surface area contributed by atoms with E-state index in [1.807, 2.05) is 42.5 Å². The van der Waals surface area contributed by atoms with Crippen LogP contribution in [-0.2, 0) is 0 Å². The van der Waals surface area contributed by atoms with Gasteiger partial charge in [-0.3, -0.25) is 9.69 Å². The van der Waals surface area contributed by atoms with Crippen LogP contribution in [0.3, 0.4) is 0 Å². The third-order valence-corrected chi connectivity index (χ3v) is 7.59. The van der Waals surface area contributed by atoms with E-state index >= 15 is 0 Å². The van der Waals surface area contributed by atoms with E-state index in [9.17, 15) is 4.79 Å². The number of anilines is 1. The predicted octanol–water partition coefficient (Wildman–Crippen LogP) is 5.95. The number of thiazole rings is 1. The molecule has 1 amide bonds. The summed E-state index contributed by atoms with van der Waals surface area (Å²) in [6.07, 6.45) is 1.61. The van der Waals surface area contributed by atoms with Gasteiger partial charge in [0, 0.05) is 22.9 Å². The van der Waals surface area contributed by atoms with E-state index in [4.69, 9.17) is 26.1 Å². The molecule has 0 bridgehead atoms. The van der Waals surface area contributed by atoms with Crippen LogP contribution in [0.4, 0.5) is 5.69 Å². The summed E-state index contributed by atoms with van der Waals surface area (Å²) in [6, 6.07) is 13.1. The molecule has 11 heteroatoms. The molecule has 0 saturated carbocycles. The number of hydrogen-bond acceptors (Lipinski definition) is 8. The summed E-state index contributed by atoms with van der Waals surface area (Å²) in [6.45, 7) is 4.10. The number of ether oxygens (including phenoxy) is 2. The quantitative estimate of drug-likeness (QED) is 0.259. The highest BCUT2D eigenvalue weighted by Gasteiger charge is 2.45. The second kappa shape index (κ2) is 9.38. The molecule has 6 rings (SSSR count). The summed E-state index contributed by atoms with van der Waals surface area (Å²) >= 11 is 7.80. The van der Waals surface area contributed by atoms with Crippen molar-refractivity contribution in [2.45, 2.75) is 25.9 Å². The number of halogens is 1. The molecule has 2 aromatic carbocycles. The number of benzene rings is 2. The topological polar surface area (TPSA) is 95.3 Å². The van der Waals surface area contributed by atoms with Crippen molar-refractivity contribution in [3.05, 3.63) is 76.1 Å². The molecule has 0 N–H and O–H groups in total. The molecule has 0 saturated heterocycles. The largest absolute Gasteiger partial charge is 0.480 e. The molecule has 9 nitrogen and oxygen atoms in total. The van der Waals surface area contributed by atoms with Crippen LogP contribution in [0.5, 0.6) is 11.9 Å². The van der Waals surface area contributed by atoms with E-state index in [1.165, 1.54) is 14.2 Å². The number of carbonyl (C=O) groups excluding carboxylic acids is 1. The lowest BCUT2D eigenvalue weighted by Crippen LogP contribution is -2.30. The number of carbonyl (C=O) groups is 1. The molecule has 0 spiro atoms.